The van der Waals surface area contributed by atoms with Gasteiger partial charge in [-0.05, 0) is 43.4 Å². The second-order valence-electron chi connectivity index (χ2n) is 4.05. The van der Waals surface area contributed by atoms with Crippen LogP contribution in [0.3, 0.4) is 0 Å². The number of rotatable bonds is 0. The summed E-state index contributed by atoms with van der Waals surface area (Å²) in [6.45, 7) is 0.757. The molecule has 1 atom stereocenters. The van der Waals surface area contributed by atoms with Crippen LogP contribution >= 0.6 is 0 Å². The van der Waals surface area contributed by atoms with Crippen molar-refractivity contribution in [3.63, 3.8) is 0 Å². The van der Waals surface area contributed by atoms with Gasteiger partial charge in [0.05, 0.1) is 12.9 Å². The van der Waals surface area contributed by atoms with Gasteiger partial charge in [0, 0.05) is 5.57 Å². The van der Waals surface area contributed by atoms with Crippen molar-refractivity contribution in [2.75, 3.05) is 6.61 Å². The van der Waals surface area contributed by atoms with Gasteiger partial charge in [-0.15, -0.1) is 0 Å². The average molecular weight is 190 g/mol. The second-order valence-corrected chi connectivity index (χ2v) is 4.05. The number of hydrogen-bond donors (Lipinski definition) is 0. The van der Waals surface area contributed by atoms with Crippen LogP contribution in [0, 0.1) is 0 Å². The number of hydrogen-bond acceptors (Lipinski definition) is 2. The van der Waals surface area contributed by atoms with E-state index in [1.54, 1.807) is 6.26 Å². The lowest BCUT2D eigenvalue weighted by Gasteiger charge is -2.30. The molecule has 0 saturated heterocycles. The molecule has 2 heteroatoms. The van der Waals surface area contributed by atoms with E-state index in [2.05, 4.69) is 0 Å². The topological polar surface area (TPSA) is 18.5 Å². The summed E-state index contributed by atoms with van der Waals surface area (Å²) in [4.78, 5) is 0. The van der Waals surface area contributed by atoms with Gasteiger partial charge in [-0.2, -0.15) is 0 Å². The standard InChI is InChI=1S/C12H14O2/c1-2-6-11-10(5-1)9-14-12(11)7-3-4-8-13-12/h3-4,7-8H,1-2,5-6,9H2/t12-/m0/s1. The molecule has 0 amide bonds. The Morgan fingerprint density at radius 3 is 2.93 bits per heavy atom. The summed E-state index contributed by atoms with van der Waals surface area (Å²) >= 11 is 0. The molecule has 1 aliphatic carbocycles. The van der Waals surface area contributed by atoms with Crippen molar-refractivity contribution in [2.45, 2.75) is 31.5 Å². The largest absolute Gasteiger partial charge is 0.462 e. The SMILES string of the molecule is C1=CO[C@@]2(C=C1)OCC1=C2CCCC1. The maximum absolute atomic E-state index is 5.79. The Balaban J connectivity index is 1.98. The normalized spacial score (nSPS) is 34.9. The molecule has 0 bridgehead atoms. The van der Waals surface area contributed by atoms with Crippen molar-refractivity contribution in [2.24, 2.45) is 0 Å². The van der Waals surface area contributed by atoms with E-state index in [9.17, 15) is 0 Å². The lowest BCUT2D eigenvalue weighted by Crippen LogP contribution is -2.32. The molecule has 14 heavy (non-hydrogen) atoms. The van der Waals surface area contributed by atoms with Gasteiger partial charge in [0.25, 0.3) is 5.79 Å². The summed E-state index contributed by atoms with van der Waals surface area (Å²) in [5.41, 5.74) is 2.85. The second kappa shape index (κ2) is 2.99. The van der Waals surface area contributed by atoms with Gasteiger partial charge in [0.15, 0.2) is 0 Å². The smallest absolute Gasteiger partial charge is 0.253 e. The highest BCUT2D eigenvalue weighted by molar-refractivity contribution is 5.35. The highest BCUT2D eigenvalue weighted by Gasteiger charge is 2.42. The zero-order chi connectivity index (χ0) is 9.43. The van der Waals surface area contributed by atoms with E-state index in [1.165, 1.54) is 30.4 Å². The van der Waals surface area contributed by atoms with E-state index < -0.39 is 5.79 Å². The molecule has 0 fully saturated rings. The van der Waals surface area contributed by atoms with Crippen molar-refractivity contribution in [1.29, 1.82) is 0 Å². The molecule has 2 heterocycles. The van der Waals surface area contributed by atoms with Crippen LogP contribution in [0.25, 0.3) is 0 Å². The van der Waals surface area contributed by atoms with Crippen molar-refractivity contribution in [3.05, 3.63) is 35.6 Å². The van der Waals surface area contributed by atoms with Gasteiger partial charge in [0.1, 0.15) is 0 Å². The molecule has 0 aromatic carbocycles. The van der Waals surface area contributed by atoms with Crippen LogP contribution in [-0.2, 0) is 9.47 Å². The van der Waals surface area contributed by atoms with Crippen molar-refractivity contribution in [1.82, 2.24) is 0 Å². The van der Waals surface area contributed by atoms with Gasteiger partial charge >= 0.3 is 0 Å². The Morgan fingerprint density at radius 1 is 1.14 bits per heavy atom. The number of fused-ring (bicyclic) bond motifs is 1. The van der Waals surface area contributed by atoms with E-state index in [-0.39, 0.29) is 0 Å². The van der Waals surface area contributed by atoms with Crippen LogP contribution in [0.5, 0.6) is 0 Å². The van der Waals surface area contributed by atoms with E-state index >= 15 is 0 Å². The molecule has 3 aliphatic rings. The van der Waals surface area contributed by atoms with Crippen LogP contribution in [0.1, 0.15) is 25.7 Å². The van der Waals surface area contributed by atoms with Gasteiger partial charge in [0.2, 0.25) is 0 Å². The van der Waals surface area contributed by atoms with Crippen LogP contribution in [0.2, 0.25) is 0 Å². The molecule has 0 saturated carbocycles. The van der Waals surface area contributed by atoms with Crippen LogP contribution in [-0.4, -0.2) is 12.4 Å². The molecule has 0 aromatic rings. The van der Waals surface area contributed by atoms with E-state index in [1.807, 2.05) is 18.2 Å². The van der Waals surface area contributed by atoms with Gasteiger partial charge < -0.3 is 9.47 Å². The zero-order valence-corrected chi connectivity index (χ0v) is 8.16. The fourth-order valence-electron chi connectivity index (χ4n) is 2.49. The molecule has 2 aliphatic heterocycles. The van der Waals surface area contributed by atoms with Crippen LogP contribution < -0.4 is 0 Å². The molecular weight excluding hydrogens is 176 g/mol. The Hall–Kier alpha value is -1.02. The molecule has 0 unspecified atom stereocenters. The minimum atomic E-state index is -0.523. The highest BCUT2D eigenvalue weighted by atomic mass is 16.7. The lowest BCUT2D eigenvalue weighted by molar-refractivity contribution is -0.125. The first-order valence-electron chi connectivity index (χ1n) is 5.28. The molecule has 2 nitrogen and oxygen atoms in total. The molecule has 0 aromatic heterocycles. The minimum Gasteiger partial charge on any atom is -0.462 e. The van der Waals surface area contributed by atoms with Gasteiger partial charge in [-0.1, -0.05) is 6.08 Å². The Labute approximate surface area is 83.9 Å². The van der Waals surface area contributed by atoms with Crippen LogP contribution in [0.15, 0.2) is 35.6 Å². The summed E-state index contributed by atoms with van der Waals surface area (Å²) < 4.78 is 11.4. The summed E-state index contributed by atoms with van der Waals surface area (Å²) in [5, 5.41) is 0. The fourth-order valence-corrected chi connectivity index (χ4v) is 2.49. The monoisotopic (exact) mass is 190 g/mol. The molecule has 74 valence electrons. The third-order valence-electron chi connectivity index (χ3n) is 3.21. The molecule has 0 N–H and O–H groups in total. The van der Waals surface area contributed by atoms with Crippen molar-refractivity contribution < 1.29 is 9.47 Å². The third-order valence-corrected chi connectivity index (χ3v) is 3.21. The molecular formula is C12H14O2. The first-order chi connectivity index (χ1) is 6.91. The quantitative estimate of drug-likeness (QED) is 0.547. The van der Waals surface area contributed by atoms with E-state index in [0.29, 0.717) is 0 Å². The summed E-state index contributed by atoms with van der Waals surface area (Å²) in [7, 11) is 0. The Morgan fingerprint density at radius 2 is 2.07 bits per heavy atom. The number of ether oxygens (including phenoxy) is 2. The fraction of sp³-hybridized carbons (Fsp3) is 0.500. The Kier molecular flexibility index (Phi) is 1.77. The maximum atomic E-state index is 5.79. The van der Waals surface area contributed by atoms with Crippen LogP contribution in [0.4, 0.5) is 0 Å². The highest BCUT2D eigenvalue weighted by Crippen LogP contribution is 2.42. The van der Waals surface area contributed by atoms with Gasteiger partial charge in [-0.25, -0.2) is 0 Å². The number of allylic oxidation sites excluding steroid dienone is 2. The first kappa shape index (κ1) is 8.30. The van der Waals surface area contributed by atoms with Gasteiger partial charge in [-0.3, -0.25) is 0 Å². The van der Waals surface area contributed by atoms with Crippen molar-refractivity contribution in [3.8, 4) is 0 Å². The zero-order valence-electron chi connectivity index (χ0n) is 8.16. The van der Waals surface area contributed by atoms with E-state index in [4.69, 9.17) is 9.47 Å². The molecule has 3 rings (SSSR count). The predicted octanol–water partition coefficient (Wildman–Crippen LogP) is 2.68. The first-order valence-corrected chi connectivity index (χ1v) is 5.28. The maximum Gasteiger partial charge on any atom is 0.253 e. The average Bonchev–Trinajstić information content (AvgIpc) is 2.60. The summed E-state index contributed by atoms with van der Waals surface area (Å²) in [6.07, 6.45) is 12.6. The Bertz CT molecular complexity index is 338. The van der Waals surface area contributed by atoms with Crippen molar-refractivity contribution >= 4 is 0 Å². The lowest BCUT2D eigenvalue weighted by atomic mass is 9.88. The minimum absolute atomic E-state index is 0.523. The summed E-state index contributed by atoms with van der Waals surface area (Å²) in [5.74, 6) is -0.523. The van der Waals surface area contributed by atoms with E-state index in [0.717, 1.165) is 13.0 Å². The summed E-state index contributed by atoms with van der Waals surface area (Å²) in [6, 6.07) is 0. The molecule has 0 radical (unpaired) electrons. The third kappa shape index (κ3) is 1.07. The predicted molar refractivity (Wildman–Crippen MR) is 53.5 cm³/mol. The molecule has 1 spiro atoms.